The number of nitriles is 1. The molecule has 0 saturated carbocycles. The first-order chi connectivity index (χ1) is 21.6. The molecule has 1 aromatic heterocycles. The van der Waals surface area contributed by atoms with Gasteiger partial charge in [0, 0.05) is 62.5 Å². The van der Waals surface area contributed by atoms with E-state index < -0.39 is 0 Å². The minimum atomic E-state index is -0.238. The summed E-state index contributed by atoms with van der Waals surface area (Å²) < 4.78 is 11.7. The van der Waals surface area contributed by atoms with Gasteiger partial charge in [-0.3, -0.25) is 9.69 Å². The molecule has 2 saturated heterocycles. The predicted octanol–water partition coefficient (Wildman–Crippen LogP) is 3.80. The zero-order valence-electron chi connectivity index (χ0n) is 25.5. The summed E-state index contributed by atoms with van der Waals surface area (Å²) in [5, 5.41) is 12.0. The lowest BCUT2D eigenvalue weighted by Crippen LogP contribution is -2.55. The Kier molecular flexibility index (Phi) is 9.24. The Bertz CT molecular complexity index is 1530. The highest BCUT2D eigenvalue weighted by Gasteiger charge is 2.34. The van der Waals surface area contributed by atoms with Crippen LogP contribution in [0.15, 0.2) is 55.1 Å². The fraction of sp³-hybridized carbons (Fsp3) is 0.471. The number of carbonyl (C=O) groups excluding carboxylic acids is 1. The normalized spacial score (nSPS) is 20.4. The van der Waals surface area contributed by atoms with Crippen LogP contribution in [0.5, 0.6) is 6.01 Å². The molecule has 1 amide bonds. The van der Waals surface area contributed by atoms with Crippen molar-refractivity contribution in [3.8, 4) is 12.1 Å². The summed E-state index contributed by atoms with van der Waals surface area (Å²) >= 11 is 0. The van der Waals surface area contributed by atoms with Crippen molar-refractivity contribution in [3.05, 3.63) is 66.4 Å². The van der Waals surface area contributed by atoms with Crippen molar-refractivity contribution in [2.75, 3.05) is 69.4 Å². The number of benzene rings is 2. The highest BCUT2D eigenvalue weighted by Crippen LogP contribution is 2.35. The van der Waals surface area contributed by atoms with Gasteiger partial charge in [-0.15, -0.1) is 0 Å². The topological polar surface area (TPSA) is 98.1 Å². The average Bonchev–Trinajstić information content (AvgIpc) is 3.52. The number of nitrogens with zero attached hydrogens (tertiary/aromatic N) is 7. The number of rotatable bonds is 10. The second kappa shape index (κ2) is 13.6. The molecule has 2 fully saturated rings. The molecular formula is C34H41N7O3. The molecule has 6 rings (SSSR count). The number of hydrogen-bond donors (Lipinski definition) is 0. The van der Waals surface area contributed by atoms with Crippen molar-refractivity contribution >= 4 is 28.2 Å². The van der Waals surface area contributed by atoms with Gasteiger partial charge < -0.3 is 24.2 Å². The Hall–Kier alpha value is -4.20. The number of methoxy groups -OCH3 is 1. The van der Waals surface area contributed by atoms with Crippen LogP contribution < -0.4 is 14.5 Å². The van der Waals surface area contributed by atoms with Crippen molar-refractivity contribution in [1.82, 2.24) is 19.8 Å². The maximum absolute atomic E-state index is 12.6. The van der Waals surface area contributed by atoms with Gasteiger partial charge in [0.25, 0.3) is 0 Å². The highest BCUT2D eigenvalue weighted by molar-refractivity contribution is 5.94. The van der Waals surface area contributed by atoms with Crippen LogP contribution in [0.4, 0.5) is 11.5 Å². The van der Waals surface area contributed by atoms with Crippen LogP contribution in [0.25, 0.3) is 10.8 Å². The standard InChI is InChI=1S/C34H41N7O3/c1-3-32(42)41-19-18-40(22-26(41)13-15-35)33-29-14-17-39(31-12-6-9-25-8-4-5-11-28(25)31)23-30(29)36-34(37-33)44-24-27-10-7-16-38(27)20-21-43-2/h3-6,8-9,11-12,26-27H,1,7,10,13-14,16-24H2,2H3/t26-,27-/m0/s1. The van der Waals surface area contributed by atoms with E-state index in [-0.39, 0.29) is 18.4 Å². The average molecular weight is 596 g/mol. The predicted molar refractivity (Wildman–Crippen MR) is 171 cm³/mol. The zero-order chi connectivity index (χ0) is 30.5. The summed E-state index contributed by atoms with van der Waals surface area (Å²) in [6, 6.07) is 17.7. The number of anilines is 2. The van der Waals surface area contributed by atoms with Crippen LogP contribution >= 0.6 is 0 Å². The number of piperazine rings is 1. The van der Waals surface area contributed by atoms with Crippen LogP contribution in [0.3, 0.4) is 0 Å². The molecule has 0 spiro atoms. The van der Waals surface area contributed by atoms with Gasteiger partial charge in [0.05, 0.1) is 37.4 Å². The van der Waals surface area contributed by atoms with E-state index in [1.54, 1.807) is 12.0 Å². The van der Waals surface area contributed by atoms with E-state index in [9.17, 15) is 10.1 Å². The molecule has 0 radical (unpaired) electrons. The van der Waals surface area contributed by atoms with Gasteiger partial charge in [0.1, 0.15) is 12.4 Å². The first kappa shape index (κ1) is 29.9. The van der Waals surface area contributed by atoms with Crippen molar-refractivity contribution in [3.63, 3.8) is 0 Å². The lowest BCUT2D eigenvalue weighted by atomic mass is 10.0. The van der Waals surface area contributed by atoms with Gasteiger partial charge >= 0.3 is 6.01 Å². The quantitative estimate of drug-likeness (QED) is 0.324. The lowest BCUT2D eigenvalue weighted by Gasteiger charge is -2.42. The summed E-state index contributed by atoms with van der Waals surface area (Å²) in [5.41, 5.74) is 3.28. The summed E-state index contributed by atoms with van der Waals surface area (Å²) in [4.78, 5) is 31.4. The Morgan fingerprint density at radius 3 is 2.80 bits per heavy atom. The van der Waals surface area contributed by atoms with Gasteiger partial charge in [0.2, 0.25) is 5.91 Å². The van der Waals surface area contributed by atoms with Crippen molar-refractivity contribution < 1.29 is 14.3 Å². The highest BCUT2D eigenvalue weighted by atomic mass is 16.5. The molecule has 2 aromatic carbocycles. The van der Waals surface area contributed by atoms with Crippen molar-refractivity contribution in [1.29, 1.82) is 5.26 Å². The second-order valence-electron chi connectivity index (χ2n) is 11.8. The van der Waals surface area contributed by atoms with Crippen molar-refractivity contribution in [2.45, 2.75) is 44.3 Å². The number of hydrogen-bond acceptors (Lipinski definition) is 9. The van der Waals surface area contributed by atoms with E-state index in [4.69, 9.17) is 19.4 Å². The summed E-state index contributed by atoms with van der Waals surface area (Å²) in [5.74, 6) is 0.720. The van der Waals surface area contributed by atoms with E-state index in [0.717, 1.165) is 56.0 Å². The SMILES string of the molecule is C=CC(=O)N1CCN(c2nc(OC[C@@H]3CCCN3CCOC)nc3c2CCN(c2cccc4ccccc24)C3)C[C@@H]1CC#N. The maximum Gasteiger partial charge on any atom is 0.318 e. The summed E-state index contributed by atoms with van der Waals surface area (Å²) in [6.07, 6.45) is 4.59. The van der Waals surface area contributed by atoms with Crippen LogP contribution in [-0.4, -0.2) is 97.4 Å². The van der Waals surface area contributed by atoms with Crippen LogP contribution in [-0.2, 0) is 22.5 Å². The van der Waals surface area contributed by atoms with E-state index in [2.05, 4.69) is 69.8 Å². The lowest BCUT2D eigenvalue weighted by molar-refractivity contribution is -0.128. The molecule has 0 N–H and O–H groups in total. The Morgan fingerprint density at radius 2 is 1.95 bits per heavy atom. The number of carbonyl (C=O) groups is 1. The van der Waals surface area contributed by atoms with Gasteiger partial charge in [-0.1, -0.05) is 43.0 Å². The second-order valence-corrected chi connectivity index (χ2v) is 11.8. The van der Waals surface area contributed by atoms with Gasteiger partial charge in [-0.25, -0.2) is 0 Å². The third-order valence-electron chi connectivity index (χ3n) is 9.18. The molecule has 4 heterocycles. The Labute approximate surface area is 259 Å². The molecule has 44 heavy (non-hydrogen) atoms. The number of amides is 1. The summed E-state index contributed by atoms with van der Waals surface area (Å²) in [6.45, 7) is 9.94. The molecule has 3 aromatic rings. The van der Waals surface area contributed by atoms with E-state index in [1.165, 1.54) is 22.5 Å². The Balaban J connectivity index is 1.30. The number of fused-ring (bicyclic) bond motifs is 2. The van der Waals surface area contributed by atoms with E-state index in [1.807, 2.05) is 0 Å². The van der Waals surface area contributed by atoms with Gasteiger partial charge in [-0.05, 0) is 43.3 Å². The Morgan fingerprint density at radius 1 is 1.09 bits per heavy atom. The molecule has 0 unspecified atom stereocenters. The number of likely N-dealkylation sites (tertiary alicyclic amines) is 1. The fourth-order valence-electron chi connectivity index (χ4n) is 6.90. The van der Waals surface area contributed by atoms with E-state index in [0.29, 0.717) is 51.4 Å². The maximum atomic E-state index is 12.6. The first-order valence-electron chi connectivity index (χ1n) is 15.6. The molecule has 3 aliphatic heterocycles. The third kappa shape index (κ3) is 6.21. The van der Waals surface area contributed by atoms with Crippen LogP contribution in [0.2, 0.25) is 0 Å². The molecule has 230 valence electrons. The zero-order valence-corrected chi connectivity index (χ0v) is 25.5. The van der Waals surface area contributed by atoms with Gasteiger partial charge in [-0.2, -0.15) is 15.2 Å². The number of aromatic nitrogens is 2. The van der Waals surface area contributed by atoms with Crippen molar-refractivity contribution in [2.24, 2.45) is 0 Å². The smallest absolute Gasteiger partial charge is 0.318 e. The van der Waals surface area contributed by atoms with Gasteiger partial charge in [0.15, 0.2) is 0 Å². The number of ether oxygens (including phenoxy) is 2. The largest absolute Gasteiger partial charge is 0.462 e. The molecule has 10 nitrogen and oxygen atoms in total. The molecule has 10 heteroatoms. The molecule has 3 aliphatic rings. The van der Waals surface area contributed by atoms with E-state index >= 15 is 0 Å². The summed E-state index contributed by atoms with van der Waals surface area (Å²) in [7, 11) is 1.74. The third-order valence-corrected chi connectivity index (χ3v) is 9.18. The monoisotopic (exact) mass is 595 g/mol. The minimum Gasteiger partial charge on any atom is -0.462 e. The van der Waals surface area contributed by atoms with Crippen LogP contribution in [0.1, 0.15) is 30.5 Å². The first-order valence-corrected chi connectivity index (χ1v) is 15.6. The van der Waals surface area contributed by atoms with Crippen LogP contribution in [0, 0.1) is 11.3 Å². The fourth-order valence-corrected chi connectivity index (χ4v) is 6.90. The molecular weight excluding hydrogens is 554 g/mol. The molecule has 0 aliphatic carbocycles. The minimum absolute atomic E-state index is 0.140. The molecule has 0 bridgehead atoms. The molecule has 2 atom stereocenters.